The third kappa shape index (κ3) is 5.42. The molecule has 1 aromatic rings. The Morgan fingerprint density at radius 3 is 2.29 bits per heavy atom. The molecule has 24 heavy (non-hydrogen) atoms. The molecule has 2 N–H and O–H groups in total. The van der Waals surface area contributed by atoms with Crippen molar-refractivity contribution in [3.05, 3.63) is 24.3 Å². The van der Waals surface area contributed by atoms with E-state index in [-0.39, 0.29) is 18.9 Å². The normalized spacial score (nSPS) is 16.2. The Morgan fingerprint density at radius 2 is 1.75 bits per heavy atom. The van der Waals surface area contributed by atoms with Gasteiger partial charge < -0.3 is 24.6 Å². The van der Waals surface area contributed by atoms with Gasteiger partial charge in [0.15, 0.2) is 6.61 Å². The number of nitrogens with one attached hydrogen (secondary N) is 1. The minimum atomic E-state index is -0.940. The van der Waals surface area contributed by atoms with Gasteiger partial charge in [-0.25, -0.2) is 0 Å². The van der Waals surface area contributed by atoms with Crippen LogP contribution in [0.4, 0.5) is 0 Å². The van der Waals surface area contributed by atoms with Crippen molar-refractivity contribution in [2.24, 2.45) is 0 Å². The topological polar surface area (TPSA) is 94.1 Å². The molecular formula is C17H23NO6. The van der Waals surface area contributed by atoms with E-state index in [2.05, 4.69) is 5.32 Å². The first-order valence-corrected chi connectivity index (χ1v) is 7.99. The summed E-state index contributed by atoms with van der Waals surface area (Å²) in [5.41, 5.74) is -0.761. The fraction of sp³-hybridized carbons (Fsp3) is 0.529. The number of carboxylic acid groups (broad SMARTS) is 1. The van der Waals surface area contributed by atoms with Gasteiger partial charge in [-0.1, -0.05) is 0 Å². The molecule has 1 amide bonds. The number of carbonyl (C=O) groups is 2. The van der Waals surface area contributed by atoms with Crippen LogP contribution in [0.15, 0.2) is 24.3 Å². The van der Waals surface area contributed by atoms with Crippen LogP contribution in [0.2, 0.25) is 0 Å². The molecule has 0 saturated carbocycles. The maximum absolute atomic E-state index is 12.1. The summed E-state index contributed by atoms with van der Waals surface area (Å²) in [7, 11) is 0. The van der Waals surface area contributed by atoms with Gasteiger partial charge in [-0.15, -0.1) is 0 Å². The Kier molecular flexibility index (Phi) is 6.43. The fourth-order valence-corrected chi connectivity index (χ4v) is 2.68. The van der Waals surface area contributed by atoms with E-state index in [0.29, 0.717) is 38.4 Å². The lowest BCUT2D eigenvalue weighted by Crippen LogP contribution is -2.54. The smallest absolute Gasteiger partial charge is 0.305 e. The molecule has 7 nitrogen and oxygen atoms in total. The lowest BCUT2D eigenvalue weighted by Gasteiger charge is -2.36. The zero-order valence-corrected chi connectivity index (χ0v) is 13.7. The molecule has 1 aromatic carbocycles. The van der Waals surface area contributed by atoms with Crippen LogP contribution >= 0.6 is 0 Å². The van der Waals surface area contributed by atoms with Gasteiger partial charge in [0, 0.05) is 13.2 Å². The molecule has 1 saturated heterocycles. The van der Waals surface area contributed by atoms with Gasteiger partial charge in [-0.05, 0) is 44.0 Å². The number of aliphatic carboxylic acids is 1. The highest BCUT2D eigenvalue weighted by Crippen LogP contribution is 2.24. The van der Waals surface area contributed by atoms with Crippen LogP contribution in [0.5, 0.6) is 11.5 Å². The molecule has 0 spiro atoms. The van der Waals surface area contributed by atoms with Crippen molar-refractivity contribution < 1.29 is 28.9 Å². The molecule has 1 heterocycles. The van der Waals surface area contributed by atoms with Crippen molar-refractivity contribution >= 4 is 11.9 Å². The van der Waals surface area contributed by atoms with Crippen LogP contribution in [0.25, 0.3) is 0 Å². The molecule has 0 aliphatic carbocycles. The summed E-state index contributed by atoms with van der Waals surface area (Å²) in [4.78, 5) is 23.2. The van der Waals surface area contributed by atoms with Crippen molar-refractivity contribution in [3.8, 4) is 11.5 Å². The summed E-state index contributed by atoms with van der Waals surface area (Å²) in [6, 6.07) is 6.97. The molecular weight excluding hydrogens is 314 g/mol. The maximum Gasteiger partial charge on any atom is 0.305 e. The molecule has 0 atom stereocenters. The minimum Gasteiger partial charge on any atom is -0.494 e. The van der Waals surface area contributed by atoms with Crippen LogP contribution in [0.3, 0.4) is 0 Å². The number of ether oxygens (including phenoxy) is 3. The lowest BCUT2D eigenvalue weighted by atomic mass is 9.86. The monoisotopic (exact) mass is 337 g/mol. The van der Waals surface area contributed by atoms with Crippen molar-refractivity contribution in [2.45, 2.75) is 31.7 Å². The lowest BCUT2D eigenvalue weighted by molar-refractivity contribution is -0.140. The van der Waals surface area contributed by atoms with E-state index in [4.69, 9.17) is 19.3 Å². The van der Waals surface area contributed by atoms with E-state index >= 15 is 0 Å². The van der Waals surface area contributed by atoms with Gasteiger partial charge >= 0.3 is 5.97 Å². The Balaban J connectivity index is 1.87. The molecule has 0 unspecified atom stereocenters. The average molecular weight is 337 g/mol. The number of benzene rings is 1. The Hall–Kier alpha value is -2.28. The van der Waals surface area contributed by atoms with Crippen LogP contribution in [0, 0.1) is 0 Å². The molecule has 1 aliphatic heterocycles. The summed E-state index contributed by atoms with van der Waals surface area (Å²) in [5.74, 6) is 0.00134. The van der Waals surface area contributed by atoms with Crippen molar-refractivity contribution in [1.29, 1.82) is 0 Å². The van der Waals surface area contributed by atoms with Crippen LogP contribution in [-0.2, 0) is 14.3 Å². The van der Waals surface area contributed by atoms with E-state index in [1.54, 1.807) is 24.3 Å². The van der Waals surface area contributed by atoms with E-state index in [0.717, 1.165) is 5.75 Å². The van der Waals surface area contributed by atoms with Gasteiger partial charge in [0.2, 0.25) is 0 Å². The maximum atomic E-state index is 12.1. The zero-order chi connectivity index (χ0) is 17.4. The van der Waals surface area contributed by atoms with Crippen molar-refractivity contribution in [3.63, 3.8) is 0 Å². The van der Waals surface area contributed by atoms with Gasteiger partial charge in [-0.3, -0.25) is 9.59 Å². The number of hydrogen-bond donors (Lipinski definition) is 2. The number of hydrogen-bond acceptors (Lipinski definition) is 5. The average Bonchev–Trinajstić information content (AvgIpc) is 2.54. The highest BCUT2D eigenvalue weighted by atomic mass is 16.5. The van der Waals surface area contributed by atoms with E-state index in [1.807, 2.05) is 6.92 Å². The molecule has 7 heteroatoms. The molecule has 132 valence electrons. The molecule has 2 rings (SSSR count). The second-order valence-electron chi connectivity index (χ2n) is 5.70. The number of amides is 1. The summed E-state index contributed by atoms with van der Waals surface area (Å²) in [6.07, 6.45) is 0.841. The van der Waals surface area contributed by atoms with Gasteiger partial charge in [0.25, 0.3) is 5.91 Å². The standard InChI is InChI=1S/C17H23NO6/c1-2-23-13-3-5-14(6-4-13)24-12-15(19)18-17(11-16(20)21)7-9-22-10-8-17/h3-6H,2,7-12H2,1H3,(H,18,19)(H,20,21). The largest absolute Gasteiger partial charge is 0.494 e. The van der Waals surface area contributed by atoms with E-state index < -0.39 is 11.5 Å². The highest BCUT2D eigenvalue weighted by molar-refractivity contribution is 5.79. The van der Waals surface area contributed by atoms with Crippen LogP contribution in [0.1, 0.15) is 26.2 Å². The molecule has 1 aliphatic rings. The van der Waals surface area contributed by atoms with E-state index in [1.165, 1.54) is 0 Å². The molecule has 0 bridgehead atoms. The summed E-state index contributed by atoms with van der Waals surface area (Å²) >= 11 is 0. The number of carboxylic acids is 1. The van der Waals surface area contributed by atoms with E-state index in [9.17, 15) is 9.59 Å². The van der Waals surface area contributed by atoms with Crippen molar-refractivity contribution in [1.82, 2.24) is 5.32 Å². The first-order chi connectivity index (χ1) is 11.5. The van der Waals surface area contributed by atoms with Crippen molar-refractivity contribution in [2.75, 3.05) is 26.4 Å². The Morgan fingerprint density at radius 1 is 1.17 bits per heavy atom. The first kappa shape index (κ1) is 18.1. The van der Waals surface area contributed by atoms with Gasteiger partial charge in [0.1, 0.15) is 11.5 Å². The second-order valence-corrected chi connectivity index (χ2v) is 5.70. The first-order valence-electron chi connectivity index (χ1n) is 7.99. The number of rotatable bonds is 8. The van der Waals surface area contributed by atoms with Crippen LogP contribution < -0.4 is 14.8 Å². The molecule has 0 aromatic heterocycles. The minimum absolute atomic E-state index is 0.120. The Labute approximate surface area is 140 Å². The number of carbonyl (C=O) groups excluding carboxylic acids is 1. The SMILES string of the molecule is CCOc1ccc(OCC(=O)NC2(CC(=O)O)CCOCC2)cc1. The molecule has 1 fully saturated rings. The van der Waals surface area contributed by atoms with Gasteiger partial charge in [-0.2, -0.15) is 0 Å². The fourth-order valence-electron chi connectivity index (χ4n) is 2.68. The predicted molar refractivity (Wildman–Crippen MR) is 86.3 cm³/mol. The zero-order valence-electron chi connectivity index (χ0n) is 13.7. The second kappa shape index (κ2) is 8.54. The third-order valence-electron chi connectivity index (χ3n) is 3.85. The third-order valence-corrected chi connectivity index (χ3v) is 3.85. The Bertz CT molecular complexity index is 551. The summed E-state index contributed by atoms with van der Waals surface area (Å²) < 4.78 is 16.0. The quantitative estimate of drug-likeness (QED) is 0.748. The highest BCUT2D eigenvalue weighted by Gasteiger charge is 2.36. The summed E-state index contributed by atoms with van der Waals surface area (Å²) in [6.45, 7) is 3.19. The predicted octanol–water partition coefficient (Wildman–Crippen LogP) is 1.60. The summed E-state index contributed by atoms with van der Waals surface area (Å²) in [5, 5.41) is 11.9. The molecule has 0 radical (unpaired) electrons. The van der Waals surface area contributed by atoms with Crippen LogP contribution in [-0.4, -0.2) is 48.9 Å². The van der Waals surface area contributed by atoms with Gasteiger partial charge in [0.05, 0.1) is 18.6 Å².